The second kappa shape index (κ2) is 5.66. The minimum absolute atomic E-state index is 0.0107. The topological polar surface area (TPSA) is 120 Å². The molecule has 1 aliphatic heterocycles. The van der Waals surface area contributed by atoms with Crippen molar-refractivity contribution >= 4 is 0 Å². The van der Waals surface area contributed by atoms with E-state index in [1.165, 1.54) is 10.8 Å². The van der Waals surface area contributed by atoms with Crippen LogP contribution >= 0.6 is 0 Å². The minimum atomic E-state index is -0.586. The van der Waals surface area contributed by atoms with E-state index in [2.05, 4.69) is 4.98 Å². The molecule has 8 heteroatoms. The van der Waals surface area contributed by atoms with E-state index < -0.39 is 23.6 Å². The van der Waals surface area contributed by atoms with Crippen LogP contribution in [0.4, 0.5) is 0 Å². The Balaban J connectivity index is 2.27. The van der Waals surface area contributed by atoms with Gasteiger partial charge >= 0.3 is 5.69 Å². The zero-order valence-corrected chi connectivity index (χ0v) is 10.5. The summed E-state index contributed by atoms with van der Waals surface area (Å²) in [6.45, 7) is 1.39. The number of nitrogens with one attached hydrogen (secondary N) is 1. The fourth-order valence-corrected chi connectivity index (χ4v) is 2.13. The Morgan fingerprint density at radius 2 is 2.37 bits per heavy atom. The smallest absolute Gasteiger partial charge is 0.330 e. The maximum Gasteiger partial charge on any atom is 0.330 e. The van der Waals surface area contributed by atoms with Crippen LogP contribution in [0.2, 0.25) is 0 Å². The van der Waals surface area contributed by atoms with Gasteiger partial charge in [-0.2, -0.15) is 0 Å². The maximum atomic E-state index is 11.7. The van der Waals surface area contributed by atoms with Crippen molar-refractivity contribution in [2.75, 3.05) is 13.3 Å². The summed E-state index contributed by atoms with van der Waals surface area (Å²) in [5.74, 6) is 0. The van der Waals surface area contributed by atoms with Crippen molar-refractivity contribution in [2.24, 2.45) is 5.73 Å². The van der Waals surface area contributed by atoms with Gasteiger partial charge in [-0.05, 0) is 6.92 Å². The van der Waals surface area contributed by atoms with E-state index in [1.54, 1.807) is 6.92 Å². The largest absolute Gasteiger partial charge is 0.394 e. The second-order valence-electron chi connectivity index (χ2n) is 4.40. The van der Waals surface area contributed by atoms with E-state index in [1.807, 2.05) is 0 Å². The highest BCUT2D eigenvalue weighted by Gasteiger charge is 2.36. The summed E-state index contributed by atoms with van der Waals surface area (Å²) in [5, 5.41) is 9.20. The molecule has 0 amide bonds. The third-order valence-corrected chi connectivity index (χ3v) is 3.13. The average Bonchev–Trinajstić information content (AvgIpc) is 2.77. The molecule has 1 aromatic rings. The number of aliphatic hydroxyl groups excluding tert-OH is 1. The molecule has 1 unspecified atom stereocenters. The van der Waals surface area contributed by atoms with Crippen LogP contribution in [0, 0.1) is 6.92 Å². The van der Waals surface area contributed by atoms with Gasteiger partial charge in [-0.25, -0.2) is 4.79 Å². The summed E-state index contributed by atoms with van der Waals surface area (Å²) in [7, 11) is 0. The van der Waals surface area contributed by atoms with Crippen LogP contribution < -0.4 is 17.0 Å². The molecule has 0 radical (unpaired) electrons. The summed E-state index contributed by atoms with van der Waals surface area (Å²) in [4.78, 5) is 25.2. The third-order valence-electron chi connectivity index (χ3n) is 3.13. The van der Waals surface area contributed by atoms with Crippen molar-refractivity contribution in [1.82, 2.24) is 9.55 Å². The highest BCUT2D eigenvalue weighted by atomic mass is 16.6. The number of hydrogen-bond donors (Lipinski definition) is 3. The van der Waals surface area contributed by atoms with Crippen LogP contribution in [0.3, 0.4) is 0 Å². The zero-order valence-electron chi connectivity index (χ0n) is 10.5. The van der Waals surface area contributed by atoms with E-state index in [-0.39, 0.29) is 19.4 Å². The quantitative estimate of drug-likeness (QED) is 0.569. The SMILES string of the molecule is Cc1cn([C@H]2CC(OCN)[C@@H](CO)O2)c(=O)[nH]c1=O. The van der Waals surface area contributed by atoms with Crippen LogP contribution in [0.15, 0.2) is 15.8 Å². The van der Waals surface area contributed by atoms with Gasteiger partial charge in [0.1, 0.15) is 12.3 Å². The Labute approximate surface area is 108 Å². The molecular weight excluding hydrogens is 254 g/mol. The molecule has 0 bridgehead atoms. The highest BCUT2D eigenvalue weighted by molar-refractivity contribution is 5.02. The third kappa shape index (κ3) is 2.76. The molecule has 8 nitrogen and oxygen atoms in total. The lowest BCUT2D eigenvalue weighted by molar-refractivity contribution is -0.0613. The summed E-state index contributed by atoms with van der Waals surface area (Å²) in [6, 6.07) is 0. The second-order valence-corrected chi connectivity index (χ2v) is 4.40. The number of aromatic nitrogens is 2. The lowest BCUT2D eigenvalue weighted by Gasteiger charge is -2.15. The number of nitrogens with zero attached hydrogens (tertiary/aromatic N) is 1. The molecule has 4 N–H and O–H groups in total. The molecule has 2 rings (SSSR count). The fraction of sp³-hybridized carbons (Fsp3) is 0.636. The van der Waals surface area contributed by atoms with Crippen molar-refractivity contribution in [2.45, 2.75) is 31.8 Å². The predicted octanol–water partition coefficient (Wildman–Crippen LogP) is -1.57. The lowest BCUT2D eigenvalue weighted by Crippen LogP contribution is -2.33. The standard InChI is InChI=1S/C11H17N3O5/c1-6-3-14(11(17)13-10(6)16)9-2-7(18-5-12)8(4-15)19-9/h3,7-9,15H,2,4-5,12H2,1H3,(H,13,16,17)/t7?,8-,9-/m1/s1. The molecule has 0 aromatic carbocycles. The average molecular weight is 271 g/mol. The first-order valence-corrected chi connectivity index (χ1v) is 5.97. The van der Waals surface area contributed by atoms with Crippen molar-refractivity contribution in [1.29, 1.82) is 0 Å². The summed E-state index contributed by atoms with van der Waals surface area (Å²) < 4.78 is 12.1. The maximum absolute atomic E-state index is 11.7. The lowest BCUT2D eigenvalue weighted by atomic mass is 10.2. The first-order valence-electron chi connectivity index (χ1n) is 5.97. The van der Waals surface area contributed by atoms with Crippen LogP contribution in [-0.2, 0) is 9.47 Å². The van der Waals surface area contributed by atoms with Gasteiger partial charge in [0.05, 0.1) is 19.4 Å². The molecule has 1 fully saturated rings. The first kappa shape index (κ1) is 13.9. The van der Waals surface area contributed by atoms with Crippen molar-refractivity contribution in [3.05, 3.63) is 32.6 Å². The number of H-pyrrole nitrogens is 1. The van der Waals surface area contributed by atoms with Crippen molar-refractivity contribution in [3.8, 4) is 0 Å². The molecule has 0 saturated carbocycles. The number of nitrogens with two attached hydrogens (primary N) is 1. The van der Waals surface area contributed by atoms with Gasteiger partial charge < -0.3 is 20.3 Å². The van der Waals surface area contributed by atoms with Crippen LogP contribution in [0.25, 0.3) is 0 Å². The molecule has 106 valence electrons. The van der Waals surface area contributed by atoms with E-state index in [0.29, 0.717) is 12.0 Å². The number of ether oxygens (including phenoxy) is 2. The number of aryl methyl sites for hydroxylation is 1. The van der Waals surface area contributed by atoms with Gasteiger partial charge in [0.2, 0.25) is 0 Å². The van der Waals surface area contributed by atoms with Crippen LogP contribution in [-0.4, -0.2) is 40.2 Å². The molecule has 2 heterocycles. The summed E-state index contributed by atoms with van der Waals surface area (Å²) in [6.07, 6.45) is 0.322. The van der Waals surface area contributed by atoms with Gasteiger partial charge in [-0.15, -0.1) is 0 Å². The summed E-state index contributed by atoms with van der Waals surface area (Å²) in [5.41, 5.74) is 4.74. The molecule has 1 aliphatic rings. The number of rotatable bonds is 4. The van der Waals surface area contributed by atoms with Gasteiger partial charge in [-0.1, -0.05) is 0 Å². The Kier molecular flexibility index (Phi) is 4.15. The first-order chi connectivity index (χ1) is 9.06. The number of aliphatic hydroxyl groups is 1. The fourth-order valence-electron chi connectivity index (χ4n) is 2.13. The molecule has 0 spiro atoms. The van der Waals surface area contributed by atoms with Gasteiger partial charge in [-0.3, -0.25) is 14.3 Å². The van der Waals surface area contributed by atoms with Crippen molar-refractivity contribution in [3.63, 3.8) is 0 Å². The zero-order chi connectivity index (χ0) is 14.0. The minimum Gasteiger partial charge on any atom is -0.394 e. The molecular formula is C11H17N3O5. The molecule has 0 aliphatic carbocycles. The molecule has 1 saturated heterocycles. The van der Waals surface area contributed by atoms with Gasteiger partial charge in [0.25, 0.3) is 5.56 Å². The molecule has 3 atom stereocenters. The Hall–Kier alpha value is -1.48. The van der Waals surface area contributed by atoms with Crippen LogP contribution in [0.5, 0.6) is 0 Å². The van der Waals surface area contributed by atoms with Crippen molar-refractivity contribution < 1.29 is 14.6 Å². The molecule has 1 aromatic heterocycles. The molecule has 19 heavy (non-hydrogen) atoms. The summed E-state index contributed by atoms with van der Waals surface area (Å²) >= 11 is 0. The highest BCUT2D eigenvalue weighted by Crippen LogP contribution is 2.29. The predicted molar refractivity (Wildman–Crippen MR) is 65.6 cm³/mol. The van der Waals surface area contributed by atoms with Gasteiger partial charge in [0.15, 0.2) is 0 Å². The Morgan fingerprint density at radius 1 is 1.63 bits per heavy atom. The van der Waals surface area contributed by atoms with E-state index in [4.69, 9.17) is 15.2 Å². The number of aromatic amines is 1. The van der Waals surface area contributed by atoms with E-state index in [0.717, 1.165) is 0 Å². The van der Waals surface area contributed by atoms with Crippen LogP contribution in [0.1, 0.15) is 18.2 Å². The van der Waals surface area contributed by atoms with E-state index >= 15 is 0 Å². The normalized spacial score (nSPS) is 26.8. The van der Waals surface area contributed by atoms with E-state index in [9.17, 15) is 14.7 Å². The van der Waals surface area contributed by atoms with Gasteiger partial charge in [0, 0.05) is 18.2 Å². The number of hydrogen-bond acceptors (Lipinski definition) is 6. The monoisotopic (exact) mass is 271 g/mol. The Bertz CT molecular complexity index is 552. The Morgan fingerprint density at radius 3 is 3.00 bits per heavy atom.